The molecule has 0 aliphatic carbocycles. The molecule has 0 fully saturated rings. The van der Waals surface area contributed by atoms with Crippen molar-refractivity contribution in [1.82, 2.24) is 9.88 Å². The molecule has 0 saturated heterocycles. The maximum Gasteiger partial charge on any atom is 0.254 e. The number of carbonyl (C=O) groups is 2. The number of nitrogens with zero attached hydrogens (tertiary/aromatic N) is 2. The van der Waals surface area contributed by atoms with Crippen molar-refractivity contribution in [2.24, 2.45) is 0 Å². The van der Waals surface area contributed by atoms with Crippen LogP contribution in [0.2, 0.25) is 0 Å². The van der Waals surface area contributed by atoms with Crippen LogP contribution in [0.3, 0.4) is 0 Å². The van der Waals surface area contributed by atoms with Crippen molar-refractivity contribution in [2.75, 3.05) is 18.9 Å². The van der Waals surface area contributed by atoms with E-state index in [4.69, 9.17) is 0 Å². The fourth-order valence-electron chi connectivity index (χ4n) is 3.35. The van der Waals surface area contributed by atoms with Gasteiger partial charge in [0.2, 0.25) is 5.91 Å². The van der Waals surface area contributed by atoms with Gasteiger partial charge in [-0.05, 0) is 43.0 Å². The Morgan fingerprint density at radius 3 is 2.34 bits per heavy atom. The van der Waals surface area contributed by atoms with Gasteiger partial charge in [-0.25, -0.2) is 0 Å². The van der Waals surface area contributed by atoms with Crippen LogP contribution in [-0.4, -0.2) is 35.3 Å². The number of hydrogen-bond acceptors (Lipinski definition) is 3. The Hall–Kier alpha value is -3.21. The summed E-state index contributed by atoms with van der Waals surface area (Å²) in [5.41, 5.74) is 5.01. The lowest BCUT2D eigenvalue weighted by Gasteiger charge is -2.20. The van der Waals surface area contributed by atoms with E-state index in [1.54, 1.807) is 7.05 Å². The molecule has 0 aliphatic heterocycles. The number of aromatic nitrogens is 1. The fourth-order valence-corrected chi connectivity index (χ4v) is 3.35. The molecule has 0 radical (unpaired) electrons. The third kappa shape index (κ3) is 4.45. The molecule has 1 aromatic heterocycles. The second kappa shape index (κ2) is 8.43. The van der Waals surface area contributed by atoms with E-state index in [9.17, 15) is 9.59 Å². The number of fused-ring (bicyclic) bond motifs is 1. The summed E-state index contributed by atoms with van der Waals surface area (Å²) in [4.78, 5) is 31.9. The van der Waals surface area contributed by atoms with Crippen LogP contribution >= 0.6 is 0 Å². The summed E-state index contributed by atoms with van der Waals surface area (Å²) in [5.74, 6) is -0.216. The summed E-state index contributed by atoms with van der Waals surface area (Å²) in [6.07, 6.45) is 0. The molecule has 1 N–H and O–H groups in total. The van der Waals surface area contributed by atoms with Crippen molar-refractivity contribution < 1.29 is 9.59 Å². The predicted octanol–water partition coefficient (Wildman–Crippen LogP) is 4.69. The molecule has 0 aliphatic rings. The van der Waals surface area contributed by atoms with E-state index in [0.29, 0.717) is 5.56 Å². The van der Waals surface area contributed by atoms with Crippen LogP contribution in [0, 0.1) is 13.8 Å². The average molecular weight is 389 g/mol. The second-order valence-electron chi connectivity index (χ2n) is 7.74. The van der Waals surface area contributed by atoms with Gasteiger partial charge in [-0.15, -0.1) is 0 Å². The highest BCUT2D eigenvalue weighted by Gasteiger charge is 2.20. The highest BCUT2D eigenvalue weighted by Crippen LogP contribution is 2.24. The first kappa shape index (κ1) is 20.5. The molecule has 2 amide bonds. The van der Waals surface area contributed by atoms with Gasteiger partial charge in [-0.3, -0.25) is 14.6 Å². The minimum absolute atomic E-state index is 0.0275. The molecule has 0 unspecified atom stereocenters. The van der Waals surface area contributed by atoms with E-state index in [1.807, 2.05) is 76.2 Å². The van der Waals surface area contributed by atoms with E-state index in [0.717, 1.165) is 33.4 Å². The molecule has 29 heavy (non-hydrogen) atoms. The Morgan fingerprint density at radius 1 is 1.03 bits per heavy atom. The lowest BCUT2D eigenvalue weighted by Crippen LogP contribution is -2.35. The lowest BCUT2D eigenvalue weighted by molar-refractivity contribution is -0.116. The lowest BCUT2D eigenvalue weighted by atomic mass is 10.0. The summed E-state index contributed by atoms with van der Waals surface area (Å²) in [7, 11) is 1.65. The molecule has 3 rings (SSSR count). The molecule has 0 bridgehead atoms. The molecule has 3 aromatic rings. The van der Waals surface area contributed by atoms with Crippen LogP contribution < -0.4 is 5.32 Å². The predicted molar refractivity (Wildman–Crippen MR) is 117 cm³/mol. The summed E-state index contributed by atoms with van der Waals surface area (Å²) in [6, 6.07) is 15.3. The van der Waals surface area contributed by atoms with Gasteiger partial charge in [0, 0.05) is 23.8 Å². The third-order valence-corrected chi connectivity index (χ3v) is 5.03. The zero-order valence-electron chi connectivity index (χ0n) is 17.6. The van der Waals surface area contributed by atoms with Crippen LogP contribution in [0.25, 0.3) is 10.9 Å². The van der Waals surface area contributed by atoms with Crippen LogP contribution in [-0.2, 0) is 4.79 Å². The Morgan fingerprint density at radius 2 is 1.69 bits per heavy atom. The molecule has 1 heterocycles. The van der Waals surface area contributed by atoms with Crippen LogP contribution in [0.5, 0.6) is 0 Å². The Balaban J connectivity index is 1.84. The summed E-state index contributed by atoms with van der Waals surface area (Å²) >= 11 is 0. The normalized spacial score (nSPS) is 11.0. The Bertz CT molecular complexity index is 1050. The number of likely N-dealkylation sites (N-methyl/N-ethyl adjacent to an activating group) is 1. The molecule has 0 saturated carbocycles. The molecular formula is C24H27N3O2. The number of anilines is 1. The molecule has 5 nitrogen and oxygen atoms in total. The van der Waals surface area contributed by atoms with Crippen LogP contribution in [0.4, 0.5) is 5.69 Å². The van der Waals surface area contributed by atoms with Crippen molar-refractivity contribution in [3.05, 3.63) is 70.9 Å². The molecule has 0 atom stereocenters. The van der Waals surface area contributed by atoms with Crippen molar-refractivity contribution in [2.45, 2.75) is 33.6 Å². The number of pyridine rings is 1. The maximum atomic E-state index is 13.2. The number of carbonyl (C=O) groups excluding carboxylic acids is 2. The molecular weight excluding hydrogens is 362 g/mol. The van der Waals surface area contributed by atoms with Crippen molar-refractivity contribution in [1.29, 1.82) is 0 Å². The zero-order chi connectivity index (χ0) is 21.1. The van der Waals surface area contributed by atoms with Gasteiger partial charge >= 0.3 is 0 Å². The first-order valence-electron chi connectivity index (χ1n) is 9.79. The average Bonchev–Trinajstić information content (AvgIpc) is 2.69. The Kier molecular flexibility index (Phi) is 5.97. The highest BCUT2D eigenvalue weighted by molar-refractivity contribution is 6.07. The van der Waals surface area contributed by atoms with Gasteiger partial charge in [0.15, 0.2) is 0 Å². The maximum absolute atomic E-state index is 13.2. The SMILES string of the molecule is Cc1cccc(C)c1NC(=O)CN(C)C(=O)c1cc(C(C)C)nc2ccccc12. The number of aryl methyl sites for hydroxylation is 2. The minimum atomic E-state index is -0.222. The van der Waals surface area contributed by atoms with Crippen molar-refractivity contribution in [3.63, 3.8) is 0 Å². The molecule has 150 valence electrons. The second-order valence-corrected chi connectivity index (χ2v) is 7.74. The summed E-state index contributed by atoms with van der Waals surface area (Å²) in [5, 5.41) is 3.73. The van der Waals surface area contributed by atoms with E-state index in [2.05, 4.69) is 10.3 Å². The van der Waals surface area contributed by atoms with Crippen molar-refractivity contribution >= 4 is 28.4 Å². The highest BCUT2D eigenvalue weighted by atomic mass is 16.2. The minimum Gasteiger partial charge on any atom is -0.332 e. The first-order valence-corrected chi connectivity index (χ1v) is 9.79. The number of benzene rings is 2. The van der Waals surface area contributed by atoms with E-state index < -0.39 is 0 Å². The van der Waals surface area contributed by atoms with Gasteiger partial charge < -0.3 is 10.2 Å². The molecule has 5 heteroatoms. The fraction of sp³-hybridized carbons (Fsp3) is 0.292. The van der Waals surface area contributed by atoms with Gasteiger partial charge in [0.05, 0.1) is 17.6 Å². The monoisotopic (exact) mass is 389 g/mol. The molecule has 2 aromatic carbocycles. The van der Waals surface area contributed by atoms with Gasteiger partial charge in [-0.1, -0.05) is 50.2 Å². The van der Waals surface area contributed by atoms with E-state index in [1.165, 1.54) is 4.90 Å². The van der Waals surface area contributed by atoms with Gasteiger partial charge in [-0.2, -0.15) is 0 Å². The molecule has 0 spiro atoms. The quantitative estimate of drug-likeness (QED) is 0.689. The largest absolute Gasteiger partial charge is 0.332 e. The van der Waals surface area contributed by atoms with Gasteiger partial charge in [0.25, 0.3) is 5.91 Å². The van der Waals surface area contributed by atoms with Gasteiger partial charge in [0.1, 0.15) is 0 Å². The number of hydrogen-bond donors (Lipinski definition) is 1. The summed E-state index contributed by atoms with van der Waals surface area (Å²) < 4.78 is 0. The first-order chi connectivity index (χ1) is 13.8. The van der Waals surface area contributed by atoms with Crippen LogP contribution in [0.15, 0.2) is 48.5 Å². The summed E-state index contributed by atoms with van der Waals surface area (Å²) in [6.45, 7) is 7.97. The number of nitrogens with one attached hydrogen (secondary N) is 1. The van der Waals surface area contributed by atoms with Crippen molar-refractivity contribution in [3.8, 4) is 0 Å². The van der Waals surface area contributed by atoms with E-state index in [-0.39, 0.29) is 24.3 Å². The smallest absolute Gasteiger partial charge is 0.254 e. The number of amides is 2. The Labute approximate surface area is 171 Å². The topological polar surface area (TPSA) is 62.3 Å². The number of para-hydroxylation sites is 2. The number of rotatable bonds is 5. The van der Waals surface area contributed by atoms with Crippen LogP contribution in [0.1, 0.15) is 46.9 Å². The standard InChI is InChI=1S/C24H27N3O2/c1-15(2)21-13-19(18-11-6-7-12-20(18)25-21)24(29)27(5)14-22(28)26-23-16(3)9-8-10-17(23)4/h6-13,15H,14H2,1-5H3,(H,26,28). The van der Waals surface area contributed by atoms with E-state index >= 15 is 0 Å². The zero-order valence-corrected chi connectivity index (χ0v) is 17.6. The third-order valence-electron chi connectivity index (χ3n) is 5.03.